The maximum absolute atomic E-state index is 13.4. The Morgan fingerprint density at radius 1 is 1.40 bits per heavy atom. The molecular formula is C15H20BrFN2O. The SMILES string of the molecule is CN1CCN(C)C(CC(=O)Cc2cccc(F)c2Br)C1. The van der Waals surface area contributed by atoms with Crippen LogP contribution in [0.5, 0.6) is 0 Å². The minimum absolute atomic E-state index is 0.156. The third-order valence-corrected chi connectivity index (χ3v) is 4.75. The molecular weight excluding hydrogens is 323 g/mol. The normalized spacial score (nSPS) is 21.1. The Balaban J connectivity index is 1.96. The molecule has 0 amide bonds. The van der Waals surface area contributed by atoms with Gasteiger partial charge in [-0.1, -0.05) is 12.1 Å². The molecule has 0 saturated carbocycles. The molecule has 0 bridgehead atoms. The van der Waals surface area contributed by atoms with Gasteiger partial charge in [0.05, 0.1) is 4.47 Å². The van der Waals surface area contributed by atoms with Crippen molar-refractivity contribution in [2.45, 2.75) is 18.9 Å². The number of rotatable bonds is 4. The van der Waals surface area contributed by atoms with Crippen molar-refractivity contribution >= 4 is 21.7 Å². The number of halogens is 2. The first-order chi connectivity index (χ1) is 9.47. The minimum atomic E-state index is -0.315. The van der Waals surface area contributed by atoms with Crippen LogP contribution in [-0.4, -0.2) is 55.4 Å². The summed E-state index contributed by atoms with van der Waals surface area (Å²) >= 11 is 3.21. The molecule has 0 N–H and O–H groups in total. The largest absolute Gasteiger partial charge is 0.304 e. The first kappa shape index (κ1) is 15.6. The zero-order valence-electron chi connectivity index (χ0n) is 11.9. The predicted molar refractivity (Wildman–Crippen MR) is 81.3 cm³/mol. The average Bonchev–Trinajstić information content (AvgIpc) is 2.39. The van der Waals surface area contributed by atoms with Crippen LogP contribution in [0.1, 0.15) is 12.0 Å². The molecule has 0 radical (unpaired) electrons. The number of ketones is 1. The molecule has 1 aromatic carbocycles. The Labute approximate surface area is 127 Å². The van der Waals surface area contributed by atoms with Crippen molar-refractivity contribution in [3.05, 3.63) is 34.1 Å². The van der Waals surface area contributed by atoms with Crippen molar-refractivity contribution in [1.82, 2.24) is 9.80 Å². The van der Waals surface area contributed by atoms with Crippen LogP contribution in [-0.2, 0) is 11.2 Å². The Kier molecular flexibility index (Phi) is 5.29. The summed E-state index contributed by atoms with van der Waals surface area (Å²) in [6.45, 7) is 2.93. The van der Waals surface area contributed by atoms with Gasteiger partial charge in [-0.15, -0.1) is 0 Å². The first-order valence-electron chi connectivity index (χ1n) is 6.80. The van der Waals surface area contributed by atoms with Crippen molar-refractivity contribution in [2.24, 2.45) is 0 Å². The smallest absolute Gasteiger partial charge is 0.138 e. The summed E-state index contributed by atoms with van der Waals surface area (Å²) in [6, 6.07) is 5.08. The molecule has 1 fully saturated rings. The van der Waals surface area contributed by atoms with E-state index in [9.17, 15) is 9.18 Å². The minimum Gasteiger partial charge on any atom is -0.304 e. The van der Waals surface area contributed by atoms with E-state index in [4.69, 9.17) is 0 Å². The summed E-state index contributed by atoms with van der Waals surface area (Å²) in [5.41, 5.74) is 0.724. The van der Waals surface area contributed by atoms with Crippen molar-refractivity contribution < 1.29 is 9.18 Å². The first-order valence-corrected chi connectivity index (χ1v) is 7.60. The summed E-state index contributed by atoms with van der Waals surface area (Å²) in [5, 5.41) is 0. The summed E-state index contributed by atoms with van der Waals surface area (Å²) in [6.07, 6.45) is 0.802. The van der Waals surface area contributed by atoms with Gasteiger partial charge in [0.25, 0.3) is 0 Å². The van der Waals surface area contributed by atoms with Crippen molar-refractivity contribution in [3.8, 4) is 0 Å². The number of hydrogen-bond acceptors (Lipinski definition) is 3. The van der Waals surface area contributed by atoms with Crippen LogP contribution in [0.25, 0.3) is 0 Å². The molecule has 5 heteroatoms. The molecule has 110 valence electrons. The van der Waals surface area contributed by atoms with E-state index in [0.29, 0.717) is 10.9 Å². The van der Waals surface area contributed by atoms with Gasteiger partial charge in [-0.25, -0.2) is 4.39 Å². The molecule has 1 aliphatic rings. The van der Waals surface area contributed by atoms with Gasteiger partial charge >= 0.3 is 0 Å². The van der Waals surface area contributed by atoms with E-state index in [2.05, 4.69) is 39.8 Å². The monoisotopic (exact) mass is 342 g/mol. The van der Waals surface area contributed by atoms with Gasteiger partial charge in [-0.05, 0) is 41.7 Å². The zero-order chi connectivity index (χ0) is 14.7. The number of piperazine rings is 1. The Hall–Kier alpha value is -0.780. The predicted octanol–water partition coefficient (Wildman–Crippen LogP) is 2.34. The molecule has 1 saturated heterocycles. The standard InChI is InChI=1S/C15H20BrFN2O/c1-18-6-7-19(2)12(10-18)9-13(20)8-11-4-3-5-14(17)15(11)16/h3-5,12H,6-10H2,1-2H3. The van der Waals surface area contributed by atoms with Crippen LogP contribution in [0.15, 0.2) is 22.7 Å². The molecule has 1 atom stereocenters. The fraction of sp³-hybridized carbons (Fsp3) is 0.533. The van der Waals surface area contributed by atoms with E-state index in [1.54, 1.807) is 12.1 Å². The second-order valence-corrected chi connectivity index (χ2v) is 6.32. The van der Waals surface area contributed by atoms with Crippen molar-refractivity contribution in [1.29, 1.82) is 0 Å². The molecule has 2 rings (SSSR count). The molecule has 0 spiro atoms. The van der Waals surface area contributed by atoms with Crippen LogP contribution in [0.3, 0.4) is 0 Å². The van der Waals surface area contributed by atoms with Crippen LogP contribution >= 0.6 is 15.9 Å². The Morgan fingerprint density at radius 2 is 2.15 bits per heavy atom. The van der Waals surface area contributed by atoms with E-state index in [1.165, 1.54) is 6.07 Å². The average molecular weight is 343 g/mol. The molecule has 20 heavy (non-hydrogen) atoms. The number of benzene rings is 1. The number of nitrogens with zero attached hydrogens (tertiary/aromatic N) is 2. The fourth-order valence-electron chi connectivity index (χ4n) is 2.55. The fourth-order valence-corrected chi connectivity index (χ4v) is 2.96. The number of carbonyl (C=O) groups is 1. The molecule has 1 unspecified atom stereocenters. The summed E-state index contributed by atoms with van der Waals surface area (Å²) in [4.78, 5) is 16.7. The van der Waals surface area contributed by atoms with E-state index >= 15 is 0 Å². The zero-order valence-corrected chi connectivity index (χ0v) is 13.5. The highest BCUT2D eigenvalue weighted by Gasteiger charge is 2.24. The molecule has 1 aromatic rings. The lowest BCUT2D eigenvalue weighted by atomic mass is 10.0. The highest BCUT2D eigenvalue weighted by atomic mass is 79.9. The molecule has 1 aliphatic heterocycles. The summed E-state index contributed by atoms with van der Waals surface area (Å²) in [7, 11) is 4.14. The lowest BCUT2D eigenvalue weighted by Gasteiger charge is -2.37. The maximum Gasteiger partial charge on any atom is 0.138 e. The van der Waals surface area contributed by atoms with E-state index in [-0.39, 0.29) is 24.1 Å². The third-order valence-electron chi connectivity index (χ3n) is 3.86. The maximum atomic E-state index is 13.4. The van der Waals surface area contributed by atoms with Crippen LogP contribution in [0.2, 0.25) is 0 Å². The Bertz CT molecular complexity index is 495. The topological polar surface area (TPSA) is 23.6 Å². The quantitative estimate of drug-likeness (QED) is 0.839. The van der Waals surface area contributed by atoms with Crippen LogP contribution in [0, 0.1) is 5.82 Å². The highest BCUT2D eigenvalue weighted by Crippen LogP contribution is 2.22. The summed E-state index contributed by atoms with van der Waals surface area (Å²) in [5.74, 6) is -0.159. The number of Topliss-reactive ketones (excluding diaryl/α,β-unsaturated/α-hetero) is 1. The van der Waals surface area contributed by atoms with Crippen molar-refractivity contribution in [3.63, 3.8) is 0 Å². The van der Waals surface area contributed by atoms with E-state index in [1.807, 2.05) is 0 Å². The van der Waals surface area contributed by atoms with Crippen LogP contribution < -0.4 is 0 Å². The van der Waals surface area contributed by atoms with Crippen molar-refractivity contribution in [2.75, 3.05) is 33.7 Å². The second-order valence-electron chi connectivity index (χ2n) is 5.53. The molecule has 1 heterocycles. The van der Waals surface area contributed by atoms with Crippen LogP contribution in [0.4, 0.5) is 4.39 Å². The highest BCUT2D eigenvalue weighted by molar-refractivity contribution is 9.10. The molecule has 3 nitrogen and oxygen atoms in total. The lowest BCUT2D eigenvalue weighted by Crippen LogP contribution is -2.50. The van der Waals surface area contributed by atoms with Gasteiger partial charge in [0.1, 0.15) is 11.6 Å². The number of carbonyl (C=O) groups excluding carboxylic acids is 1. The van der Waals surface area contributed by atoms with Gasteiger partial charge < -0.3 is 9.80 Å². The van der Waals surface area contributed by atoms with E-state index < -0.39 is 0 Å². The number of hydrogen-bond donors (Lipinski definition) is 0. The van der Waals surface area contributed by atoms with Gasteiger partial charge in [0.15, 0.2) is 0 Å². The second kappa shape index (κ2) is 6.78. The summed E-state index contributed by atoms with van der Waals surface area (Å²) < 4.78 is 13.8. The number of likely N-dealkylation sites (N-methyl/N-ethyl adjacent to an activating group) is 2. The molecule has 0 aromatic heterocycles. The van der Waals surface area contributed by atoms with Gasteiger partial charge in [0.2, 0.25) is 0 Å². The van der Waals surface area contributed by atoms with E-state index in [0.717, 1.165) is 25.2 Å². The Morgan fingerprint density at radius 3 is 2.90 bits per heavy atom. The van der Waals surface area contributed by atoms with Gasteiger partial charge in [-0.2, -0.15) is 0 Å². The molecule has 0 aliphatic carbocycles. The lowest BCUT2D eigenvalue weighted by molar-refractivity contribution is -0.120. The van der Waals surface area contributed by atoms with Gasteiger partial charge in [-0.3, -0.25) is 4.79 Å². The van der Waals surface area contributed by atoms with Gasteiger partial charge in [0, 0.05) is 38.5 Å². The third kappa shape index (κ3) is 3.87.